The van der Waals surface area contributed by atoms with Crippen molar-refractivity contribution in [2.24, 2.45) is 0 Å². The van der Waals surface area contributed by atoms with Crippen molar-refractivity contribution in [3.8, 4) is 22.6 Å². The number of carboxylic acid groups (broad SMARTS) is 1. The van der Waals surface area contributed by atoms with Crippen molar-refractivity contribution in [3.05, 3.63) is 82.9 Å². The molecule has 4 rings (SSSR count). The Labute approximate surface area is 253 Å². The van der Waals surface area contributed by atoms with Crippen molar-refractivity contribution >= 4 is 21.9 Å². The lowest BCUT2D eigenvalue weighted by Gasteiger charge is -2.48. The van der Waals surface area contributed by atoms with Crippen LogP contribution < -0.4 is 9.47 Å². The number of sulfone groups is 1. The van der Waals surface area contributed by atoms with Gasteiger partial charge in [0.15, 0.2) is 0 Å². The van der Waals surface area contributed by atoms with Gasteiger partial charge < -0.3 is 24.2 Å². The second-order valence-electron chi connectivity index (χ2n) is 11.2. The summed E-state index contributed by atoms with van der Waals surface area (Å²) in [6.45, 7) is 7.26. The Hall–Kier alpha value is -4.05. The molecule has 0 spiro atoms. The molecule has 1 fully saturated rings. The van der Waals surface area contributed by atoms with E-state index in [-0.39, 0.29) is 37.8 Å². The minimum absolute atomic E-state index is 0.101. The quantitative estimate of drug-likeness (QED) is 0.198. The van der Waals surface area contributed by atoms with Gasteiger partial charge in [0.25, 0.3) is 0 Å². The summed E-state index contributed by atoms with van der Waals surface area (Å²) in [5.41, 5.74) is 5.55. The van der Waals surface area contributed by atoms with Gasteiger partial charge in [-0.15, -0.1) is 0 Å². The first kappa shape index (κ1) is 31.9. The van der Waals surface area contributed by atoms with Crippen molar-refractivity contribution in [1.82, 2.24) is 4.90 Å². The number of amides is 1. The van der Waals surface area contributed by atoms with E-state index in [9.17, 15) is 23.1 Å². The number of likely N-dealkylation sites (tertiary alicyclic amines) is 1. The Morgan fingerprint density at radius 1 is 0.953 bits per heavy atom. The molecule has 9 nitrogen and oxygen atoms in total. The molecule has 1 aliphatic heterocycles. The minimum atomic E-state index is -3.01. The molecular weight excluding hydrogens is 570 g/mol. The summed E-state index contributed by atoms with van der Waals surface area (Å²) in [5.74, 6) is 1.14. The summed E-state index contributed by atoms with van der Waals surface area (Å²) in [7, 11) is -3.01. The number of ether oxygens (including phenoxy) is 3. The van der Waals surface area contributed by atoms with Crippen LogP contribution in [0.5, 0.6) is 11.5 Å². The van der Waals surface area contributed by atoms with E-state index in [0.717, 1.165) is 39.1 Å². The van der Waals surface area contributed by atoms with Crippen molar-refractivity contribution in [1.29, 1.82) is 0 Å². The summed E-state index contributed by atoms with van der Waals surface area (Å²) in [6.07, 6.45) is 0.787. The molecule has 1 heterocycles. The number of aryl methyl sites for hydroxylation is 2. The number of esters is 1. The molecule has 0 unspecified atom stereocenters. The Morgan fingerprint density at radius 2 is 1.63 bits per heavy atom. The molecule has 1 N–H and O–H groups in total. The zero-order chi connectivity index (χ0) is 31.2. The molecule has 10 heteroatoms. The van der Waals surface area contributed by atoms with Crippen molar-refractivity contribution < 1.29 is 37.3 Å². The smallest absolute Gasteiger partial charge is 0.407 e. The van der Waals surface area contributed by atoms with Crippen molar-refractivity contribution in [2.45, 2.75) is 45.6 Å². The number of benzene rings is 3. The monoisotopic (exact) mass is 609 g/mol. The SMILES string of the molecule is CCOC(=O)CC1(c2ccc(OCc3cccc(-c4c(C)cc(OCCCS(C)(=O)=O)cc4C)c3)cc2)CN(C(=O)O)C1. The third-order valence-electron chi connectivity index (χ3n) is 7.57. The number of hydrogen-bond acceptors (Lipinski definition) is 7. The van der Waals surface area contributed by atoms with Gasteiger partial charge in [0, 0.05) is 24.8 Å². The fourth-order valence-corrected chi connectivity index (χ4v) is 6.21. The Kier molecular flexibility index (Phi) is 10.0. The maximum absolute atomic E-state index is 12.3. The first-order valence-corrected chi connectivity index (χ1v) is 16.3. The van der Waals surface area contributed by atoms with Gasteiger partial charge in [-0.2, -0.15) is 0 Å². The summed E-state index contributed by atoms with van der Waals surface area (Å²) in [4.78, 5) is 25.0. The van der Waals surface area contributed by atoms with Gasteiger partial charge in [-0.25, -0.2) is 13.2 Å². The third-order valence-corrected chi connectivity index (χ3v) is 8.60. The summed E-state index contributed by atoms with van der Waals surface area (Å²) in [6, 6.07) is 19.6. The third kappa shape index (κ3) is 8.28. The molecule has 0 aromatic heterocycles. The maximum atomic E-state index is 12.3. The highest BCUT2D eigenvalue weighted by molar-refractivity contribution is 7.90. The van der Waals surface area contributed by atoms with Crippen LogP contribution in [0.4, 0.5) is 4.79 Å². The maximum Gasteiger partial charge on any atom is 0.407 e. The second kappa shape index (κ2) is 13.5. The van der Waals surface area contributed by atoms with E-state index >= 15 is 0 Å². The van der Waals surface area contributed by atoms with Gasteiger partial charge in [0.1, 0.15) is 27.9 Å². The number of carbonyl (C=O) groups is 2. The molecule has 0 atom stereocenters. The molecular formula is C33H39NO8S. The molecule has 3 aromatic carbocycles. The summed E-state index contributed by atoms with van der Waals surface area (Å²) in [5, 5.41) is 9.34. The van der Waals surface area contributed by atoms with Crippen molar-refractivity contribution in [2.75, 3.05) is 38.3 Å². The average molecular weight is 610 g/mol. The Bertz CT molecular complexity index is 1540. The fourth-order valence-electron chi connectivity index (χ4n) is 5.57. The van der Waals surface area contributed by atoms with Gasteiger partial charge in [0.2, 0.25) is 0 Å². The summed E-state index contributed by atoms with van der Waals surface area (Å²) < 4.78 is 39.7. The molecule has 0 bridgehead atoms. The zero-order valence-electron chi connectivity index (χ0n) is 25.1. The number of hydrogen-bond donors (Lipinski definition) is 1. The molecule has 230 valence electrons. The molecule has 43 heavy (non-hydrogen) atoms. The lowest BCUT2D eigenvalue weighted by Crippen LogP contribution is -2.61. The number of rotatable bonds is 13. The summed E-state index contributed by atoms with van der Waals surface area (Å²) >= 11 is 0. The first-order chi connectivity index (χ1) is 20.4. The number of carbonyl (C=O) groups excluding carboxylic acids is 1. The molecule has 1 aliphatic rings. The van der Waals surface area contributed by atoms with Gasteiger partial charge in [-0.1, -0.05) is 30.3 Å². The molecule has 0 saturated carbocycles. The molecule has 0 aliphatic carbocycles. The second-order valence-corrected chi connectivity index (χ2v) is 13.4. The van der Waals surface area contributed by atoms with Crippen LogP contribution in [0, 0.1) is 13.8 Å². The first-order valence-electron chi connectivity index (χ1n) is 14.3. The predicted molar refractivity (Wildman–Crippen MR) is 164 cm³/mol. The molecule has 1 saturated heterocycles. The van der Waals surface area contributed by atoms with Crippen LogP contribution in [0.15, 0.2) is 60.7 Å². The Morgan fingerprint density at radius 3 is 2.23 bits per heavy atom. The van der Waals surface area contributed by atoms with E-state index in [0.29, 0.717) is 25.4 Å². The van der Waals surface area contributed by atoms with Crippen LogP contribution >= 0.6 is 0 Å². The van der Waals surface area contributed by atoms with E-state index < -0.39 is 21.3 Å². The predicted octanol–water partition coefficient (Wildman–Crippen LogP) is 5.55. The molecule has 1 amide bonds. The van der Waals surface area contributed by atoms with Crippen LogP contribution in [-0.2, 0) is 31.4 Å². The van der Waals surface area contributed by atoms with E-state index in [1.54, 1.807) is 6.92 Å². The highest BCUT2D eigenvalue weighted by Gasteiger charge is 2.48. The normalized spacial score (nSPS) is 14.1. The Balaban J connectivity index is 1.41. The van der Waals surface area contributed by atoms with Gasteiger partial charge in [-0.3, -0.25) is 4.79 Å². The topological polar surface area (TPSA) is 119 Å². The number of nitrogens with zero attached hydrogens (tertiary/aromatic N) is 1. The lowest BCUT2D eigenvalue weighted by atomic mass is 9.71. The minimum Gasteiger partial charge on any atom is -0.494 e. The van der Waals surface area contributed by atoms with Crippen LogP contribution in [0.25, 0.3) is 11.1 Å². The van der Waals surface area contributed by atoms with Gasteiger partial charge in [-0.05, 0) is 90.9 Å². The van der Waals surface area contributed by atoms with Crippen molar-refractivity contribution in [3.63, 3.8) is 0 Å². The van der Waals surface area contributed by atoms with E-state index in [4.69, 9.17) is 14.2 Å². The highest BCUT2D eigenvalue weighted by Crippen LogP contribution is 2.39. The molecule has 3 aromatic rings. The van der Waals surface area contributed by atoms with Crippen LogP contribution in [0.3, 0.4) is 0 Å². The van der Waals surface area contributed by atoms with E-state index in [2.05, 4.69) is 12.1 Å². The molecule has 0 radical (unpaired) electrons. The lowest BCUT2D eigenvalue weighted by molar-refractivity contribution is -0.146. The van der Waals surface area contributed by atoms with Gasteiger partial charge >= 0.3 is 12.1 Å². The van der Waals surface area contributed by atoms with E-state index in [1.165, 1.54) is 11.2 Å². The van der Waals surface area contributed by atoms with Crippen LogP contribution in [0.2, 0.25) is 0 Å². The average Bonchev–Trinajstić information content (AvgIpc) is 2.91. The largest absolute Gasteiger partial charge is 0.494 e. The van der Waals surface area contributed by atoms with Gasteiger partial charge in [0.05, 0.1) is 25.4 Å². The fraction of sp³-hybridized carbons (Fsp3) is 0.394. The van der Waals surface area contributed by atoms with Crippen LogP contribution in [-0.4, -0.2) is 68.8 Å². The zero-order valence-corrected chi connectivity index (χ0v) is 25.9. The standard InChI is InChI=1S/C33H39NO8S/c1-5-40-30(35)19-33(21-34(22-33)32(36)37)27-10-12-28(13-11-27)42-20-25-8-6-9-26(18-25)31-23(2)16-29(17-24(31)3)41-14-7-15-43(4,38)39/h6,8-13,16-18H,5,7,14-15,19-22H2,1-4H3,(H,36,37). The highest BCUT2D eigenvalue weighted by atomic mass is 32.2. The van der Waals surface area contributed by atoms with E-state index in [1.807, 2.05) is 62.4 Å². The van der Waals surface area contributed by atoms with Crippen LogP contribution in [0.1, 0.15) is 42.0 Å².